The summed E-state index contributed by atoms with van der Waals surface area (Å²) >= 11 is 0. The van der Waals surface area contributed by atoms with Gasteiger partial charge < -0.3 is 19.7 Å². The van der Waals surface area contributed by atoms with Crippen LogP contribution >= 0.6 is 0 Å². The van der Waals surface area contributed by atoms with E-state index < -0.39 is 11.9 Å². The number of carbonyl (C=O) groups is 2. The van der Waals surface area contributed by atoms with Gasteiger partial charge in [-0.25, -0.2) is 4.68 Å². The monoisotopic (exact) mass is 358 g/mol. The second-order valence-corrected chi connectivity index (χ2v) is 5.96. The molecule has 0 spiro atoms. The van der Waals surface area contributed by atoms with Crippen molar-refractivity contribution >= 4 is 11.8 Å². The fourth-order valence-corrected chi connectivity index (χ4v) is 2.76. The molecule has 1 unspecified atom stereocenters. The Morgan fingerprint density at radius 3 is 2.58 bits per heavy atom. The number of rotatable bonds is 5. The Labute approximate surface area is 151 Å². The van der Waals surface area contributed by atoms with Gasteiger partial charge in [-0.3, -0.25) is 9.59 Å². The van der Waals surface area contributed by atoms with Crippen LogP contribution in [0.5, 0.6) is 5.75 Å². The maximum absolute atomic E-state index is 12.6. The van der Waals surface area contributed by atoms with Gasteiger partial charge in [0.2, 0.25) is 5.91 Å². The van der Waals surface area contributed by atoms with E-state index in [1.54, 1.807) is 22.7 Å². The van der Waals surface area contributed by atoms with E-state index in [1.807, 2.05) is 30.3 Å². The molecule has 2 amide bonds. The smallest absolute Gasteiger partial charge is 0.276 e. The first-order valence-electron chi connectivity index (χ1n) is 8.46. The molecule has 2 aromatic rings. The number of hydrogen-bond acceptors (Lipinski definition) is 5. The zero-order valence-electron chi connectivity index (χ0n) is 14.8. The van der Waals surface area contributed by atoms with E-state index in [0.717, 1.165) is 5.69 Å². The van der Waals surface area contributed by atoms with Gasteiger partial charge in [-0.15, -0.1) is 0 Å². The lowest BCUT2D eigenvalue weighted by Crippen LogP contribution is -2.50. The fraction of sp³-hybridized carbons (Fsp3) is 0.389. The molecule has 1 aromatic carbocycles. The lowest BCUT2D eigenvalue weighted by atomic mass is 10.2. The summed E-state index contributed by atoms with van der Waals surface area (Å²) in [5.74, 6) is -0.244. The van der Waals surface area contributed by atoms with Crippen LogP contribution in [0.25, 0.3) is 5.69 Å². The standard InChI is InChI=1S/C18H22N4O4/c1-13(18(24)21-8-10-26-11-9-21)19-17(23)16-15(25-2)12-22(20-16)14-6-4-3-5-7-14/h3-7,12-13H,8-11H2,1-2H3,(H,19,23). The molecule has 8 heteroatoms. The lowest BCUT2D eigenvalue weighted by Gasteiger charge is -2.29. The molecule has 0 bridgehead atoms. The van der Waals surface area contributed by atoms with Gasteiger partial charge in [0.15, 0.2) is 11.4 Å². The van der Waals surface area contributed by atoms with Gasteiger partial charge in [-0.1, -0.05) is 18.2 Å². The van der Waals surface area contributed by atoms with Gasteiger partial charge in [0.25, 0.3) is 5.91 Å². The van der Waals surface area contributed by atoms with Crippen molar-refractivity contribution in [3.63, 3.8) is 0 Å². The molecule has 1 aliphatic heterocycles. The first-order valence-corrected chi connectivity index (χ1v) is 8.46. The van der Waals surface area contributed by atoms with Crippen LogP contribution in [0.2, 0.25) is 0 Å². The van der Waals surface area contributed by atoms with Crippen molar-refractivity contribution < 1.29 is 19.1 Å². The number of morpholine rings is 1. The summed E-state index contributed by atoms with van der Waals surface area (Å²) in [5, 5.41) is 7.02. The zero-order valence-corrected chi connectivity index (χ0v) is 14.8. The Morgan fingerprint density at radius 1 is 1.23 bits per heavy atom. The molecule has 1 atom stereocenters. The van der Waals surface area contributed by atoms with Crippen molar-refractivity contribution in [1.82, 2.24) is 20.0 Å². The largest absolute Gasteiger partial charge is 0.493 e. The summed E-state index contributed by atoms with van der Waals surface area (Å²) < 4.78 is 12.1. The first-order chi connectivity index (χ1) is 12.6. The van der Waals surface area contributed by atoms with Gasteiger partial charge in [0.05, 0.1) is 32.2 Å². The Hall–Kier alpha value is -2.87. The SMILES string of the molecule is COc1cn(-c2ccccc2)nc1C(=O)NC(C)C(=O)N1CCOCC1. The quantitative estimate of drug-likeness (QED) is 0.857. The average Bonchev–Trinajstić information content (AvgIpc) is 3.13. The van der Waals surface area contributed by atoms with Gasteiger partial charge in [0, 0.05) is 13.1 Å². The summed E-state index contributed by atoms with van der Waals surface area (Å²) in [6.07, 6.45) is 1.64. The van der Waals surface area contributed by atoms with Crippen LogP contribution < -0.4 is 10.1 Å². The lowest BCUT2D eigenvalue weighted by molar-refractivity contribution is -0.136. The number of para-hydroxylation sites is 1. The predicted molar refractivity (Wildman–Crippen MR) is 94.4 cm³/mol. The highest BCUT2D eigenvalue weighted by Crippen LogP contribution is 2.19. The molecule has 1 fully saturated rings. The van der Waals surface area contributed by atoms with E-state index >= 15 is 0 Å². The molecule has 1 aromatic heterocycles. The predicted octanol–water partition coefficient (Wildman–Crippen LogP) is 0.858. The zero-order chi connectivity index (χ0) is 18.5. The Bertz CT molecular complexity index is 769. The number of aromatic nitrogens is 2. The minimum atomic E-state index is -0.660. The highest BCUT2D eigenvalue weighted by atomic mass is 16.5. The second kappa shape index (κ2) is 8.01. The van der Waals surface area contributed by atoms with Crippen molar-refractivity contribution in [2.75, 3.05) is 33.4 Å². The minimum Gasteiger partial charge on any atom is -0.493 e. The van der Waals surface area contributed by atoms with E-state index in [4.69, 9.17) is 9.47 Å². The van der Waals surface area contributed by atoms with Crippen molar-refractivity contribution in [2.24, 2.45) is 0 Å². The van der Waals surface area contributed by atoms with E-state index in [9.17, 15) is 9.59 Å². The number of nitrogens with zero attached hydrogens (tertiary/aromatic N) is 3. The molecular weight excluding hydrogens is 336 g/mol. The third-order valence-electron chi connectivity index (χ3n) is 4.18. The molecule has 0 radical (unpaired) electrons. The summed E-state index contributed by atoms with van der Waals surface area (Å²) in [6, 6.07) is 8.75. The highest BCUT2D eigenvalue weighted by molar-refractivity contribution is 5.98. The van der Waals surface area contributed by atoms with Gasteiger partial charge in [0.1, 0.15) is 6.04 Å². The summed E-state index contributed by atoms with van der Waals surface area (Å²) in [5.41, 5.74) is 0.945. The molecular formula is C18H22N4O4. The summed E-state index contributed by atoms with van der Waals surface area (Å²) in [6.45, 7) is 3.76. The van der Waals surface area contributed by atoms with Crippen molar-refractivity contribution in [3.05, 3.63) is 42.2 Å². The third-order valence-corrected chi connectivity index (χ3v) is 4.18. The van der Waals surface area contributed by atoms with Crippen LogP contribution in [0, 0.1) is 0 Å². The summed E-state index contributed by atoms with van der Waals surface area (Å²) in [7, 11) is 1.48. The molecule has 3 rings (SSSR count). The Balaban J connectivity index is 1.72. The maximum Gasteiger partial charge on any atom is 0.276 e. The van der Waals surface area contributed by atoms with Crippen LogP contribution in [-0.2, 0) is 9.53 Å². The fourth-order valence-electron chi connectivity index (χ4n) is 2.76. The Morgan fingerprint density at radius 2 is 1.92 bits per heavy atom. The number of hydrogen-bond donors (Lipinski definition) is 1. The van der Waals surface area contributed by atoms with Crippen LogP contribution in [0.4, 0.5) is 0 Å². The van der Waals surface area contributed by atoms with Crippen LogP contribution in [0.3, 0.4) is 0 Å². The third kappa shape index (κ3) is 3.85. The number of nitrogens with one attached hydrogen (secondary N) is 1. The number of ether oxygens (including phenoxy) is 2. The molecule has 0 saturated carbocycles. The molecule has 1 aliphatic rings. The van der Waals surface area contributed by atoms with E-state index in [1.165, 1.54) is 7.11 Å². The second-order valence-electron chi connectivity index (χ2n) is 5.96. The van der Waals surface area contributed by atoms with Crippen LogP contribution in [-0.4, -0.2) is 65.9 Å². The molecule has 2 heterocycles. The van der Waals surface area contributed by atoms with Crippen molar-refractivity contribution in [2.45, 2.75) is 13.0 Å². The number of benzene rings is 1. The molecule has 1 saturated heterocycles. The highest BCUT2D eigenvalue weighted by Gasteiger charge is 2.26. The van der Waals surface area contributed by atoms with Crippen LogP contribution in [0.15, 0.2) is 36.5 Å². The average molecular weight is 358 g/mol. The Kier molecular flexibility index (Phi) is 5.52. The summed E-state index contributed by atoms with van der Waals surface area (Å²) in [4.78, 5) is 26.7. The number of amides is 2. The number of methoxy groups -OCH3 is 1. The van der Waals surface area contributed by atoms with E-state index in [-0.39, 0.29) is 11.6 Å². The molecule has 138 valence electrons. The molecule has 0 aliphatic carbocycles. The molecule has 8 nitrogen and oxygen atoms in total. The van der Waals surface area contributed by atoms with Crippen LogP contribution in [0.1, 0.15) is 17.4 Å². The molecule has 26 heavy (non-hydrogen) atoms. The van der Waals surface area contributed by atoms with Gasteiger partial charge >= 0.3 is 0 Å². The first kappa shape index (κ1) is 17.9. The topological polar surface area (TPSA) is 85.7 Å². The van der Waals surface area contributed by atoms with E-state index in [0.29, 0.717) is 32.1 Å². The number of carbonyl (C=O) groups excluding carboxylic acids is 2. The van der Waals surface area contributed by atoms with Gasteiger partial charge in [-0.2, -0.15) is 5.10 Å². The molecule has 1 N–H and O–H groups in total. The van der Waals surface area contributed by atoms with Crippen molar-refractivity contribution in [3.8, 4) is 11.4 Å². The van der Waals surface area contributed by atoms with Crippen molar-refractivity contribution in [1.29, 1.82) is 0 Å². The normalized spacial score (nSPS) is 15.4. The van der Waals surface area contributed by atoms with Gasteiger partial charge in [-0.05, 0) is 19.1 Å². The van der Waals surface area contributed by atoms with E-state index in [2.05, 4.69) is 10.4 Å². The minimum absolute atomic E-state index is 0.136. The maximum atomic E-state index is 12.6.